The van der Waals surface area contributed by atoms with Gasteiger partial charge in [-0.05, 0) is 97.7 Å². The molecule has 53 heavy (non-hydrogen) atoms. The summed E-state index contributed by atoms with van der Waals surface area (Å²) in [6.45, 7) is 12.2. The molecule has 6 rings (SSSR count). The van der Waals surface area contributed by atoms with Crippen molar-refractivity contribution >= 4 is 17.6 Å². The van der Waals surface area contributed by atoms with E-state index < -0.39 is 23.7 Å². The molecule has 3 aliphatic rings. The lowest BCUT2D eigenvalue weighted by molar-refractivity contribution is -0.145. The van der Waals surface area contributed by atoms with Crippen LogP contribution in [0.15, 0.2) is 54.1 Å². The summed E-state index contributed by atoms with van der Waals surface area (Å²) in [5.74, 6) is 0.536. The van der Waals surface area contributed by atoms with Gasteiger partial charge >= 0.3 is 5.97 Å². The summed E-state index contributed by atoms with van der Waals surface area (Å²) < 4.78 is 18.9. The van der Waals surface area contributed by atoms with Crippen LogP contribution in [0.3, 0.4) is 0 Å². The Hall–Kier alpha value is -4.15. The van der Waals surface area contributed by atoms with Crippen LogP contribution in [0.5, 0.6) is 17.2 Å². The normalized spacial score (nSPS) is 21.7. The summed E-state index contributed by atoms with van der Waals surface area (Å²) in [4.78, 5) is 16.2. The molecular formula is C41H49ClN4O7. The van der Waals surface area contributed by atoms with Gasteiger partial charge < -0.3 is 34.4 Å². The van der Waals surface area contributed by atoms with Gasteiger partial charge in [0.05, 0.1) is 30.4 Å². The van der Waals surface area contributed by atoms with Crippen molar-refractivity contribution in [3.8, 4) is 34.4 Å². The van der Waals surface area contributed by atoms with Gasteiger partial charge in [0.2, 0.25) is 0 Å². The van der Waals surface area contributed by atoms with Gasteiger partial charge in [-0.3, -0.25) is 15.0 Å². The van der Waals surface area contributed by atoms with E-state index in [1.54, 1.807) is 12.1 Å². The maximum Gasteiger partial charge on any atom is 0.326 e. The first kappa shape index (κ1) is 38.6. The van der Waals surface area contributed by atoms with Crippen LogP contribution in [0.2, 0.25) is 5.02 Å². The Morgan fingerprint density at radius 3 is 2.57 bits per heavy atom. The number of aliphatic carboxylic acids is 1. The number of nitrogens with zero attached hydrogens (tertiary/aromatic N) is 3. The number of halogens is 1. The highest BCUT2D eigenvalue weighted by Gasteiger charge is 2.55. The van der Waals surface area contributed by atoms with E-state index in [0.717, 1.165) is 83.7 Å². The van der Waals surface area contributed by atoms with Crippen LogP contribution in [0, 0.1) is 32.1 Å². The van der Waals surface area contributed by atoms with Gasteiger partial charge in [0, 0.05) is 50.9 Å². The summed E-state index contributed by atoms with van der Waals surface area (Å²) in [6.07, 6.45) is 3.46. The number of carboxylic acid groups (broad SMARTS) is 1. The van der Waals surface area contributed by atoms with Crippen LogP contribution in [0.4, 0.5) is 0 Å². The van der Waals surface area contributed by atoms with Crippen LogP contribution in [-0.2, 0) is 17.9 Å². The van der Waals surface area contributed by atoms with Crippen LogP contribution in [0.1, 0.15) is 47.6 Å². The Labute approximate surface area is 316 Å². The topological polar surface area (TPSA) is 148 Å². The number of nitrogens with one attached hydrogen (secondary N) is 1. The average molecular weight is 745 g/mol. The maximum atomic E-state index is 11.8. The Morgan fingerprint density at radius 1 is 1.08 bits per heavy atom. The predicted octanol–water partition coefficient (Wildman–Crippen LogP) is 5.17. The van der Waals surface area contributed by atoms with E-state index in [4.69, 9.17) is 25.8 Å². The number of hydrogen-bond donors (Lipinski definition) is 4. The molecule has 11 nitrogen and oxygen atoms in total. The van der Waals surface area contributed by atoms with Gasteiger partial charge in [-0.15, -0.1) is 0 Å². The van der Waals surface area contributed by atoms with Gasteiger partial charge in [-0.25, -0.2) is 0 Å². The predicted molar refractivity (Wildman–Crippen MR) is 203 cm³/mol. The van der Waals surface area contributed by atoms with Crippen molar-refractivity contribution in [1.29, 1.82) is 5.26 Å². The lowest BCUT2D eigenvalue weighted by atomic mass is 9.90. The van der Waals surface area contributed by atoms with E-state index in [0.29, 0.717) is 35.2 Å². The maximum absolute atomic E-state index is 11.8. The monoisotopic (exact) mass is 744 g/mol. The average Bonchev–Trinajstić information content (AvgIpc) is 3.44. The van der Waals surface area contributed by atoms with E-state index in [1.807, 2.05) is 24.3 Å². The molecule has 0 spiro atoms. The van der Waals surface area contributed by atoms with Crippen molar-refractivity contribution in [1.82, 2.24) is 15.1 Å². The number of hydrogen-bond acceptors (Lipinski definition) is 10. The number of ether oxygens (including phenoxy) is 3. The van der Waals surface area contributed by atoms with Crippen LogP contribution in [0.25, 0.3) is 11.1 Å². The summed E-state index contributed by atoms with van der Waals surface area (Å²) in [6, 6.07) is 16.1. The smallest absolute Gasteiger partial charge is 0.326 e. The number of carbonyl (C=O) groups is 1. The summed E-state index contributed by atoms with van der Waals surface area (Å²) >= 11 is 6.77. The third kappa shape index (κ3) is 8.49. The minimum absolute atomic E-state index is 0.0667. The third-order valence-electron chi connectivity index (χ3n) is 10.8. The molecule has 3 aromatic rings. The molecule has 12 heteroatoms. The molecule has 3 heterocycles. The number of benzene rings is 3. The highest BCUT2D eigenvalue weighted by atomic mass is 35.5. The molecule has 0 saturated carbocycles. The molecule has 282 valence electrons. The third-order valence-corrected chi connectivity index (χ3v) is 11.0. The number of likely N-dealkylation sites (tertiary alicyclic amines) is 1. The van der Waals surface area contributed by atoms with Gasteiger partial charge in [0.1, 0.15) is 41.5 Å². The first-order valence-corrected chi connectivity index (χ1v) is 18.5. The fraction of sp³-hybridized carbons (Fsp3) is 0.463. The standard InChI is InChI=1S/C41H49ClN4O7/c1-26-9-10-35(51-14-6-12-45-13-11-32(48)20-45)28(3)38(26)33-8-5-7-30(27(33)2)22-53-37-16-36(52-21-29-17-41(23-43)24-46(41)19-29)31(15-34(37)42)18-44-40(4,25-47)39(49)50/h5,7-10,15-17,32,44,47-48H,6,11-14,18-22,24-25H2,1-4H3,(H,49,50)/t32-,40-,41?,46?/m1/s1. The molecule has 0 radical (unpaired) electrons. The number of aliphatic hydroxyl groups is 2. The van der Waals surface area contributed by atoms with Crippen LogP contribution >= 0.6 is 11.6 Å². The second-order valence-corrected chi connectivity index (χ2v) is 15.1. The summed E-state index contributed by atoms with van der Waals surface area (Å²) in [5.41, 5.74) is 5.97. The van der Waals surface area contributed by atoms with Crippen molar-refractivity contribution in [2.45, 2.75) is 70.9 Å². The fourth-order valence-corrected chi connectivity index (χ4v) is 7.45. The van der Waals surface area contributed by atoms with E-state index >= 15 is 0 Å². The summed E-state index contributed by atoms with van der Waals surface area (Å²) in [7, 11) is 0. The van der Waals surface area contributed by atoms with E-state index in [9.17, 15) is 25.4 Å². The molecule has 2 fully saturated rings. The quantitative estimate of drug-likeness (QED) is 0.0825. The zero-order valence-electron chi connectivity index (χ0n) is 30.9. The molecule has 4 N–H and O–H groups in total. The minimum Gasteiger partial charge on any atom is -0.493 e. The molecule has 0 bridgehead atoms. The zero-order chi connectivity index (χ0) is 37.9. The molecular weight excluding hydrogens is 696 g/mol. The van der Waals surface area contributed by atoms with E-state index in [1.165, 1.54) is 6.92 Å². The lowest BCUT2D eigenvalue weighted by Gasteiger charge is -2.25. The molecule has 3 aliphatic heterocycles. The summed E-state index contributed by atoms with van der Waals surface area (Å²) in [5, 5.41) is 42.1. The molecule has 0 amide bonds. The van der Waals surface area contributed by atoms with Gasteiger partial charge in [0.15, 0.2) is 0 Å². The van der Waals surface area contributed by atoms with Crippen LogP contribution in [-0.4, -0.2) is 101 Å². The molecule has 0 aromatic heterocycles. The highest BCUT2D eigenvalue weighted by Crippen LogP contribution is 2.41. The second kappa shape index (κ2) is 16.1. The van der Waals surface area contributed by atoms with E-state index in [2.05, 4.69) is 54.1 Å². The molecule has 2 saturated heterocycles. The number of β-amino-alcohol motifs (C(OH)–C–C–N with tert-alkyl or cyclic N) is 1. The number of aliphatic hydroxyl groups excluding tert-OH is 2. The Kier molecular flexibility index (Phi) is 11.7. The van der Waals surface area contributed by atoms with Crippen LogP contribution < -0.4 is 19.5 Å². The van der Waals surface area contributed by atoms with Gasteiger partial charge in [0.25, 0.3) is 0 Å². The largest absolute Gasteiger partial charge is 0.493 e. The fourth-order valence-electron chi connectivity index (χ4n) is 7.21. The number of rotatable bonds is 17. The molecule has 0 aliphatic carbocycles. The van der Waals surface area contributed by atoms with Crippen molar-refractivity contribution in [2.75, 3.05) is 52.5 Å². The van der Waals surface area contributed by atoms with Gasteiger partial charge in [-0.2, -0.15) is 5.26 Å². The SMILES string of the molecule is Cc1ccc(OCCCN2CC[C@@H](O)C2)c(C)c1-c1cccc(COc2cc(OCC3=CC4(C#N)CN4C3)c(CN[C@](C)(CO)C(=O)O)cc2Cl)c1C. The van der Waals surface area contributed by atoms with Crippen molar-refractivity contribution in [3.05, 3.63) is 87.0 Å². The Morgan fingerprint density at radius 2 is 1.87 bits per heavy atom. The zero-order valence-corrected chi connectivity index (χ0v) is 31.6. The number of aryl methyl sites for hydroxylation is 1. The minimum atomic E-state index is -1.57. The lowest BCUT2D eigenvalue weighted by Crippen LogP contribution is -2.52. The van der Waals surface area contributed by atoms with Crippen molar-refractivity contribution < 1.29 is 34.3 Å². The Bertz CT molecular complexity index is 1930. The van der Waals surface area contributed by atoms with E-state index in [-0.39, 0.29) is 25.9 Å². The number of nitriles is 1. The number of carboxylic acids is 1. The second-order valence-electron chi connectivity index (χ2n) is 14.7. The number of fused-ring (bicyclic) bond motifs is 1. The molecule has 3 aromatic carbocycles. The highest BCUT2D eigenvalue weighted by molar-refractivity contribution is 6.32. The van der Waals surface area contributed by atoms with Gasteiger partial charge in [-0.1, -0.05) is 35.9 Å². The van der Waals surface area contributed by atoms with Crippen molar-refractivity contribution in [3.63, 3.8) is 0 Å². The Balaban J connectivity index is 1.18. The van der Waals surface area contributed by atoms with Crippen molar-refractivity contribution in [2.24, 2.45) is 0 Å². The molecule has 4 atom stereocenters. The molecule has 2 unspecified atom stereocenters. The first-order valence-electron chi connectivity index (χ1n) is 18.1. The first-order chi connectivity index (χ1) is 25.4.